The van der Waals surface area contributed by atoms with E-state index < -0.39 is 0 Å². The zero-order valence-electron chi connectivity index (χ0n) is 45.0. The number of aryl methyl sites for hydroxylation is 4. The molecule has 0 radical (unpaired) electrons. The lowest BCUT2D eigenvalue weighted by atomic mass is 9.95. The zero-order valence-corrected chi connectivity index (χ0v) is 45.0. The van der Waals surface area contributed by atoms with Gasteiger partial charge in [0.05, 0.1) is 56.5 Å². The summed E-state index contributed by atoms with van der Waals surface area (Å²) >= 11 is 0. The molecule has 3 heterocycles. The lowest BCUT2D eigenvalue weighted by Crippen LogP contribution is -2.06. The first kappa shape index (κ1) is 48.1. The van der Waals surface area contributed by atoms with Crippen LogP contribution in [0.4, 0.5) is 0 Å². The van der Waals surface area contributed by atoms with Crippen molar-refractivity contribution in [1.82, 2.24) is 14.1 Å². The average Bonchev–Trinajstić information content (AvgIpc) is 3.84. The van der Waals surface area contributed by atoms with E-state index in [-0.39, 0.29) is 0 Å². The van der Waals surface area contributed by atoms with Gasteiger partial charge in [-0.05, 0) is 173 Å². The second-order valence-corrected chi connectivity index (χ2v) is 21.2. The molecular formula is C76H54N4. The minimum Gasteiger partial charge on any atom is -0.307 e. The molecule has 14 aromatic rings. The van der Waals surface area contributed by atoms with Crippen molar-refractivity contribution in [1.29, 1.82) is 5.26 Å². The molecule has 0 amide bonds. The van der Waals surface area contributed by atoms with E-state index in [1.54, 1.807) is 0 Å². The molecule has 3 aromatic heterocycles. The van der Waals surface area contributed by atoms with Crippen LogP contribution in [0.25, 0.3) is 133 Å². The van der Waals surface area contributed by atoms with Crippen LogP contribution in [0.2, 0.25) is 0 Å². The fourth-order valence-electron chi connectivity index (χ4n) is 12.3. The molecule has 0 atom stereocenters. The van der Waals surface area contributed by atoms with Crippen molar-refractivity contribution in [3.05, 3.63) is 283 Å². The van der Waals surface area contributed by atoms with E-state index in [1.807, 2.05) is 12.1 Å². The smallest absolute Gasteiger partial charge is 0.0998 e. The predicted molar refractivity (Wildman–Crippen MR) is 335 cm³/mol. The predicted octanol–water partition coefficient (Wildman–Crippen LogP) is 20.1. The van der Waals surface area contributed by atoms with Gasteiger partial charge in [-0.15, -0.1) is 0 Å². The third kappa shape index (κ3) is 8.18. The number of benzene rings is 11. The van der Waals surface area contributed by atoms with Crippen molar-refractivity contribution >= 4 is 43.6 Å². The van der Waals surface area contributed by atoms with Crippen LogP contribution < -0.4 is 0 Å². The summed E-state index contributed by atoms with van der Waals surface area (Å²) in [6.07, 6.45) is 0. The van der Waals surface area contributed by atoms with Crippen LogP contribution in [0.1, 0.15) is 27.8 Å². The van der Waals surface area contributed by atoms with Gasteiger partial charge in [0.1, 0.15) is 0 Å². The number of hydrogen-bond acceptors (Lipinski definition) is 2. The lowest BCUT2D eigenvalue weighted by Gasteiger charge is -2.20. The Morgan fingerprint density at radius 1 is 0.287 bits per heavy atom. The van der Waals surface area contributed by atoms with E-state index in [0.717, 1.165) is 111 Å². The highest BCUT2D eigenvalue weighted by molar-refractivity contribution is 6.14. The Bertz CT molecular complexity index is 4550. The summed E-state index contributed by atoms with van der Waals surface area (Å²) in [5.41, 5.74) is 26.3. The summed E-state index contributed by atoms with van der Waals surface area (Å²) in [6.45, 7) is 8.75. The molecule has 0 N–H and O–H groups in total. The van der Waals surface area contributed by atoms with Gasteiger partial charge in [-0.3, -0.25) is 0 Å². The van der Waals surface area contributed by atoms with Crippen molar-refractivity contribution in [2.75, 3.05) is 0 Å². The Kier molecular flexibility index (Phi) is 11.8. The third-order valence-electron chi connectivity index (χ3n) is 16.3. The van der Waals surface area contributed by atoms with E-state index in [2.05, 4.69) is 286 Å². The molecule has 0 aliphatic heterocycles. The van der Waals surface area contributed by atoms with E-state index in [9.17, 15) is 5.26 Å². The van der Waals surface area contributed by atoms with E-state index in [0.29, 0.717) is 5.56 Å². The molecule has 0 aliphatic rings. The van der Waals surface area contributed by atoms with Crippen LogP contribution in [-0.4, -0.2) is 14.1 Å². The summed E-state index contributed by atoms with van der Waals surface area (Å²) in [7, 11) is 0. The van der Waals surface area contributed by atoms with Crippen LogP contribution in [0.5, 0.6) is 0 Å². The summed E-state index contributed by atoms with van der Waals surface area (Å²) in [6, 6.07) is 94.4. The quantitative estimate of drug-likeness (QED) is 0.145. The first-order valence-corrected chi connectivity index (χ1v) is 27.4. The number of aromatic nitrogens is 3. The van der Waals surface area contributed by atoms with Crippen LogP contribution in [0.3, 0.4) is 0 Å². The molecule has 4 nitrogen and oxygen atoms in total. The summed E-state index contributed by atoms with van der Waals surface area (Å²) < 4.78 is 4.86. The number of rotatable bonds is 9. The molecule has 14 rings (SSSR count). The van der Waals surface area contributed by atoms with Crippen molar-refractivity contribution in [3.8, 4) is 95.6 Å². The Balaban J connectivity index is 1.12. The highest BCUT2D eigenvalue weighted by Crippen LogP contribution is 2.45. The molecular weight excluding hydrogens is 969 g/mol. The normalized spacial score (nSPS) is 11.5. The molecule has 378 valence electrons. The largest absolute Gasteiger partial charge is 0.307 e. The Morgan fingerprint density at radius 3 is 0.925 bits per heavy atom. The summed E-state index contributed by atoms with van der Waals surface area (Å²) in [4.78, 5) is 5.29. The highest BCUT2D eigenvalue weighted by Gasteiger charge is 2.25. The molecule has 0 spiro atoms. The van der Waals surface area contributed by atoms with Gasteiger partial charge in [0.25, 0.3) is 0 Å². The van der Waals surface area contributed by atoms with Gasteiger partial charge in [0, 0.05) is 38.2 Å². The number of pyridine rings is 1. The maximum absolute atomic E-state index is 11.7. The molecule has 0 unspecified atom stereocenters. The van der Waals surface area contributed by atoms with Gasteiger partial charge in [0.2, 0.25) is 0 Å². The second-order valence-electron chi connectivity index (χ2n) is 21.2. The van der Waals surface area contributed by atoms with Crippen LogP contribution in [-0.2, 0) is 0 Å². The minimum atomic E-state index is 0.556. The van der Waals surface area contributed by atoms with Gasteiger partial charge in [-0.2, -0.15) is 5.26 Å². The molecule has 0 fully saturated rings. The monoisotopic (exact) mass is 1020 g/mol. The number of hydrogen-bond donors (Lipinski definition) is 0. The minimum absolute atomic E-state index is 0.556. The number of nitriles is 1. The van der Waals surface area contributed by atoms with Crippen molar-refractivity contribution < 1.29 is 0 Å². The van der Waals surface area contributed by atoms with Gasteiger partial charge in [-0.1, -0.05) is 182 Å². The zero-order chi connectivity index (χ0) is 54.0. The topological polar surface area (TPSA) is 46.5 Å². The van der Waals surface area contributed by atoms with E-state index in [1.165, 1.54) is 44.5 Å². The Hall–Kier alpha value is -10.3. The first-order chi connectivity index (χ1) is 39.3. The fourth-order valence-corrected chi connectivity index (χ4v) is 12.3. The fraction of sp³-hybridized carbons (Fsp3) is 0.0526. The molecule has 0 saturated heterocycles. The first-order valence-electron chi connectivity index (χ1n) is 27.4. The number of fused-ring (bicyclic) bond motifs is 6. The Morgan fingerprint density at radius 2 is 0.600 bits per heavy atom. The van der Waals surface area contributed by atoms with Gasteiger partial charge >= 0.3 is 0 Å². The molecule has 80 heavy (non-hydrogen) atoms. The molecule has 0 bridgehead atoms. The molecule has 11 aromatic carbocycles. The van der Waals surface area contributed by atoms with Crippen LogP contribution >= 0.6 is 0 Å². The number of nitrogens with zero attached hydrogens (tertiary/aromatic N) is 4. The summed E-state index contributed by atoms with van der Waals surface area (Å²) in [5, 5.41) is 16.2. The van der Waals surface area contributed by atoms with Gasteiger partial charge < -0.3 is 9.13 Å². The van der Waals surface area contributed by atoms with Crippen molar-refractivity contribution in [2.24, 2.45) is 0 Å². The molecule has 0 saturated carbocycles. The van der Waals surface area contributed by atoms with Gasteiger partial charge in [0.15, 0.2) is 0 Å². The SMILES string of the molecule is Cc1ccccc1-c1ccc2c(c1)c1cc(-c3ccccc3C)ccc1n2-c1cc(C#N)c(-c2cc(-c3ccccc3)nc(-c3ccccc3)c2)cc1-n1c2ccc(-c3ccccc3C)cc2c2cc(-c3ccccc3C)ccc21. The van der Waals surface area contributed by atoms with Crippen molar-refractivity contribution in [3.63, 3.8) is 0 Å². The second kappa shape index (κ2) is 19.6. The third-order valence-corrected chi connectivity index (χ3v) is 16.3. The lowest BCUT2D eigenvalue weighted by molar-refractivity contribution is 1.09. The van der Waals surface area contributed by atoms with Crippen molar-refractivity contribution in [2.45, 2.75) is 27.7 Å². The van der Waals surface area contributed by atoms with E-state index in [4.69, 9.17) is 4.98 Å². The standard InChI is InChI=1S/C76H54N4/c1-48-19-11-15-27-60(48)54-31-35-71-65(39-54)66-40-55(61-28-16-12-20-49(61)2)32-36-72(66)79(71)75-45-59(47-77)64(58-43-69(52-23-7-5-8-24-52)78-70(44-58)53-25-9-6-10-26-53)46-76(75)80-73-37-33-56(62-29-17-13-21-50(62)3)41-67(73)68-42-57(34-38-74(68)80)63-30-18-14-22-51(63)4/h5-46H,1-4H3. The average molecular weight is 1020 g/mol. The van der Waals surface area contributed by atoms with Crippen LogP contribution in [0, 0.1) is 39.0 Å². The summed E-state index contributed by atoms with van der Waals surface area (Å²) in [5.74, 6) is 0. The molecule has 4 heteroatoms. The highest BCUT2D eigenvalue weighted by atomic mass is 15.1. The maximum atomic E-state index is 11.7. The van der Waals surface area contributed by atoms with E-state index >= 15 is 0 Å². The van der Waals surface area contributed by atoms with Crippen LogP contribution in [0.15, 0.2) is 255 Å². The van der Waals surface area contributed by atoms with Gasteiger partial charge in [-0.25, -0.2) is 4.98 Å². The molecule has 0 aliphatic carbocycles. The maximum Gasteiger partial charge on any atom is 0.0998 e. The Labute approximate surface area is 466 Å².